The molecule has 2 rings (SSSR count). The summed E-state index contributed by atoms with van der Waals surface area (Å²) in [7, 11) is 0. The van der Waals surface area contributed by atoms with Crippen molar-refractivity contribution in [1.29, 1.82) is 0 Å². The maximum absolute atomic E-state index is 12.1. The van der Waals surface area contributed by atoms with E-state index in [1.807, 2.05) is 24.3 Å². The molecule has 116 valence electrons. The van der Waals surface area contributed by atoms with Gasteiger partial charge in [0, 0.05) is 14.9 Å². The maximum Gasteiger partial charge on any atom is 0.573 e. The van der Waals surface area contributed by atoms with Gasteiger partial charge in [-0.2, -0.15) is 0 Å². The fraction of sp³-hybridized carbons (Fsp3) is 0.0714. The van der Waals surface area contributed by atoms with Crippen molar-refractivity contribution in [3.63, 3.8) is 0 Å². The number of anilines is 2. The van der Waals surface area contributed by atoms with Crippen molar-refractivity contribution in [3.05, 3.63) is 52.1 Å². The van der Waals surface area contributed by atoms with Gasteiger partial charge in [0.25, 0.3) is 0 Å². The third-order valence-electron chi connectivity index (χ3n) is 2.45. The lowest BCUT2D eigenvalue weighted by Gasteiger charge is -2.12. The van der Waals surface area contributed by atoms with Crippen LogP contribution >= 0.6 is 34.8 Å². The highest BCUT2D eigenvalue weighted by atomic mass is 127. The second-order valence-corrected chi connectivity index (χ2v) is 5.81. The SMILES string of the molecule is FC(F)(F)Oc1ccc(NC(=S)Nc2ccc(I)cc2)cc1. The minimum Gasteiger partial charge on any atom is -0.406 e. The first kappa shape index (κ1) is 16.8. The predicted molar refractivity (Wildman–Crippen MR) is 92.1 cm³/mol. The third-order valence-corrected chi connectivity index (χ3v) is 3.37. The molecule has 22 heavy (non-hydrogen) atoms. The van der Waals surface area contributed by atoms with Crippen molar-refractivity contribution in [2.75, 3.05) is 10.6 Å². The largest absolute Gasteiger partial charge is 0.573 e. The summed E-state index contributed by atoms with van der Waals surface area (Å²) in [5.41, 5.74) is 1.37. The lowest BCUT2D eigenvalue weighted by molar-refractivity contribution is -0.274. The van der Waals surface area contributed by atoms with Gasteiger partial charge in [-0.15, -0.1) is 13.2 Å². The number of benzene rings is 2. The topological polar surface area (TPSA) is 33.3 Å². The second kappa shape index (κ2) is 7.14. The fourth-order valence-electron chi connectivity index (χ4n) is 1.57. The van der Waals surface area contributed by atoms with Crippen LogP contribution in [0.3, 0.4) is 0 Å². The van der Waals surface area contributed by atoms with Crippen molar-refractivity contribution in [1.82, 2.24) is 0 Å². The molecule has 0 heterocycles. The van der Waals surface area contributed by atoms with E-state index in [-0.39, 0.29) is 5.75 Å². The molecule has 0 spiro atoms. The second-order valence-electron chi connectivity index (χ2n) is 4.16. The molecule has 2 N–H and O–H groups in total. The molecule has 0 saturated carbocycles. The molecule has 2 aromatic carbocycles. The van der Waals surface area contributed by atoms with Gasteiger partial charge in [0.15, 0.2) is 5.11 Å². The fourth-order valence-corrected chi connectivity index (χ4v) is 2.16. The number of thiocarbonyl (C=S) groups is 1. The maximum atomic E-state index is 12.1. The van der Waals surface area contributed by atoms with Gasteiger partial charge in [0.1, 0.15) is 5.75 Å². The standard InChI is InChI=1S/C14H10F3IN2OS/c15-14(16,17)21-12-7-5-11(6-8-12)20-13(22)19-10-3-1-9(18)2-4-10/h1-8H,(H2,19,20,22). The zero-order valence-electron chi connectivity index (χ0n) is 10.9. The Morgan fingerprint density at radius 3 is 1.82 bits per heavy atom. The molecule has 8 heteroatoms. The molecule has 0 bridgehead atoms. The average Bonchev–Trinajstić information content (AvgIpc) is 2.42. The van der Waals surface area contributed by atoms with Crippen molar-refractivity contribution in [2.24, 2.45) is 0 Å². The molecule has 3 nitrogen and oxygen atoms in total. The van der Waals surface area contributed by atoms with Crippen molar-refractivity contribution in [3.8, 4) is 5.75 Å². The summed E-state index contributed by atoms with van der Waals surface area (Å²) in [5.74, 6) is -0.283. The smallest absolute Gasteiger partial charge is 0.406 e. The minimum atomic E-state index is -4.70. The monoisotopic (exact) mass is 438 g/mol. The normalized spacial score (nSPS) is 10.9. The van der Waals surface area contributed by atoms with Gasteiger partial charge in [0.05, 0.1) is 0 Å². The van der Waals surface area contributed by atoms with Crippen LogP contribution in [0.15, 0.2) is 48.5 Å². The zero-order chi connectivity index (χ0) is 16.2. The van der Waals surface area contributed by atoms with Gasteiger partial charge in [-0.1, -0.05) is 0 Å². The first-order valence-corrected chi connectivity index (χ1v) is 7.50. The number of alkyl halides is 3. The first-order chi connectivity index (χ1) is 10.3. The molecule has 0 aliphatic heterocycles. The highest BCUT2D eigenvalue weighted by Crippen LogP contribution is 2.24. The van der Waals surface area contributed by atoms with E-state index in [9.17, 15) is 13.2 Å². The summed E-state index contributed by atoms with van der Waals surface area (Å²) < 4.78 is 41.1. The molecule has 0 atom stereocenters. The number of hydrogen-bond acceptors (Lipinski definition) is 2. The number of ether oxygens (including phenoxy) is 1. The molecule has 2 aromatic rings. The summed E-state index contributed by atoms with van der Waals surface area (Å²) in [5, 5.41) is 6.19. The van der Waals surface area contributed by atoms with Gasteiger partial charge < -0.3 is 15.4 Å². The molecule has 0 aliphatic rings. The van der Waals surface area contributed by atoms with Gasteiger partial charge in [-0.25, -0.2) is 0 Å². The number of halogens is 4. The average molecular weight is 438 g/mol. The highest BCUT2D eigenvalue weighted by molar-refractivity contribution is 14.1. The van der Waals surface area contributed by atoms with Gasteiger partial charge in [-0.05, 0) is 83.3 Å². The number of hydrogen-bond donors (Lipinski definition) is 2. The summed E-state index contributed by atoms with van der Waals surface area (Å²) in [6.07, 6.45) is -4.70. The summed E-state index contributed by atoms with van der Waals surface area (Å²) in [6.45, 7) is 0. The molecular formula is C14H10F3IN2OS. The van der Waals surface area contributed by atoms with Crippen LogP contribution in [-0.4, -0.2) is 11.5 Å². The van der Waals surface area contributed by atoms with Gasteiger partial charge >= 0.3 is 6.36 Å². The highest BCUT2D eigenvalue weighted by Gasteiger charge is 2.30. The predicted octanol–water partition coefficient (Wildman–Crippen LogP) is 5.00. The Morgan fingerprint density at radius 1 is 0.909 bits per heavy atom. The Labute approximate surface area is 144 Å². The van der Waals surface area contributed by atoms with Crippen molar-refractivity contribution >= 4 is 51.3 Å². The van der Waals surface area contributed by atoms with Crippen LogP contribution in [0, 0.1) is 3.57 Å². The Morgan fingerprint density at radius 2 is 1.36 bits per heavy atom. The molecule has 0 fully saturated rings. The van der Waals surface area contributed by atoms with E-state index < -0.39 is 6.36 Å². The molecule has 0 radical (unpaired) electrons. The minimum absolute atomic E-state index is 0.283. The lowest BCUT2D eigenvalue weighted by Crippen LogP contribution is -2.19. The summed E-state index contributed by atoms with van der Waals surface area (Å²) in [4.78, 5) is 0. The number of rotatable bonds is 3. The van der Waals surface area contributed by atoms with Crippen LogP contribution in [-0.2, 0) is 0 Å². The molecule has 0 aromatic heterocycles. The Kier molecular flexibility index (Phi) is 5.46. The molecule has 0 saturated heterocycles. The Balaban J connectivity index is 1.93. The first-order valence-electron chi connectivity index (χ1n) is 6.01. The Hall–Kier alpha value is -1.55. The van der Waals surface area contributed by atoms with Gasteiger partial charge in [-0.3, -0.25) is 0 Å². The van der Waals surface area contributed by atoms with E-state index in [4.69, 9.17) is 12.2 Å². The van der Waals surface area contributed by atoms with Crippen LogP contribution in [0.5, 0.6) is 5.75 Å². The van der Waals surface area contributed by atoms with E-state index >= 15 is 0 Å². The van der Waals surface area contributed by atoms with Crippen LogP contribution in [0.25, 0.3) is 0 Å². The van der Waals surface area contributed by atoms with Crippen molar-refractivity contribution in [2.45, 2.75) is 6.36 Å². The number of nitrogens with one attached hydrogen (secondary N) is 2. The summed E-state index contributed by atoms with van der Waals surface area (Å²) >= 11 is 7.33. The molecular weight excluding hydrogens is 428 g/mol. The lowest BCUT2D eigenvalue weighted by atomic mass is 10.3. The van der Waals surface area contributed by atoms with Crippen LogP contribution in [0.2, 0.25) is 0 Å². The van der Waals surface area contributed by atoms with Gasteiger partial charge in [0.2, 0.25) is 0 Å². The van der Waals surface area contributed by atoms with Crippen LogP contribution < -0.4 is 15.4 Å². The molecule has 0 amide bonds. The third kappa shape index (κ3) is 5.68. The van der Waals surface area contributed by atoms with E-state index in [1.165, 1.54) is 24.3 Å². The molecule has 0 unspecified atom stereocenters. The zero-order valence-corrected chi connectivity index (χ0v) is 13.9. The van der Waals surface area contributed by atoms with Crippen LogP contribution in [0.1, 0.15) is 0 Å². The summed E-state index contributed by atoms with van der Waals surface area (Å²) in [6, 6.07) is 12.9. The van der Waals surface area contributed by atoms with E-state index in [1.54, 1.807) is 0 Å². The quantitative estimate of drug-likeness (QED) is 0.522. The van der Waals surface area contributed by atoms with E-state index in [0.29, 0.717) is 10.8 Å². The molecule has 0 aliphatic carbocycles. The van der Waals surface area contributed by atoms with E-state index in [2.05, 4.69) is 38.0 Å². The van der Waals surface area contributed by atoms with Crippen molar-refractivity contribution < 1.29 is 17.9 Å². The Bertz CT molecular complexity index is 645. The van der Waals surface area contributed by atoms with E-state index in [0.717, 1.165) is 9.26 Å². The van der Waals surface area contributed by atoms with Crippen LogP contribution in [0.4, 0.5) is 24.5 Å².